The molecule has 0 amide bonds. The summed E-state index contributed by atoms with van der Waals surface area (Å²) in [5.74, 6) is 2.74. The lowest BCUT2D eigenvalue weighted by Crippen LogP contribution is -2.37. The van der Waals surface area contributed by atoms with E-state index in [-0.39, 0.29) is 10.8 Å². The largest absolute Gasteiger partial charge is 0.479 e. The van der Waals surface area contributed by atoms with Gasteiger partial charge in [0, 0.05) is 43.4 Å². The first-order chi connectivity index (χ1) is 20.7. The van der Waals surface area contributed by atoms with Crippen LogP contribution in [0.15, 0.2) is 49.0 Å². The standard InChI is InChI=1S/C38H73N3OS2/c1-13-14-15-16-17-18-19-20-22-34(4)29-37(7,8)31-38(9,10)32-41(30-33(2)3)35(5)23-21-27-43-44-28-26-42-36(6)39-24-25-40(11)12/h39H,2,4-6,13-32H2,1,3,7-12H3. The fourth-order valence-corrected chi connectivity index (χ4v) is 8.00. The molecule has 0 spiro atoms. The number of allylic oxidation sites excluding steroid dienone is 2. The lowest BCUT2D eigenvalue weighted by atomic mass is 9.71. The number of nitrogens with zero attached hydrogens (tertiary/aromatic N) is 2. The van der Waals surface area contributed by atoms with Crippen LogP contribution in [-0.4, -0.2) is 68.2 Å². The van der Waals surface area contributed by atoms with Gasteiger partial charge in [0.05, 0.1) is 6.61 Å². The molecule has 0 aliphatic heterocycles. The Morgan fingerprint density at radius 3 is 2.02 bits per heavy atom. The highest BCUT2D eigenvalue weighted by Gasteiger charge is 2.31. The topological polar surface area (TPSA) is 27.7 Å². The van der Waals surface area contributed by atoms with Gasteiger partial charge in [-0.3, -0.25) is 0 Å². The van der Waals surface area contributed by atoms with Crippen molar-refractivity contribution >= 4 is 21.6 Å². The third kappa shape index (κ3) is 26.3. The molecule has 0 rings (SSSR count). The van der Waals surface area contributed by atoms with Crippen LogP contribution in [0.2, 0.25) is 0 Å². The molecule has 44 heavy (non-hydrogen) atoms. The summed E-state index contributed by atoms with van der Waals surface area (Å²) in [6.45, 7) is 35.7. The monoisotopic (exact) mass is 652 g/mol. The minimum atomic E-state index is 0.177. The van der Waals surface area contributed by atoms with Crippen molar-refractivity contribution in [3.05, 3.63) is 49.0 Å². The first-order valence-corrected chi connectivity index (χ1v) is 19.8. The fourth-order valence-electron chi connectivity index (χ4n) is 6.09. The highest BCUT2D eigenvalue weighted by molar-refractivity contribution is 8.76. The van der Waals surface area contributed by atoms with Crippen molar-refractivity contribution in [1.82, 2.24) is 15.1 Å². The van der Waals surface area contributed by atoms with Gasteiger partial charge in [0.1, 0.15) is 0 Å². The van der Waals surface area contributed by atoms with Crippen LogP contribution in [0, 0.1) is 10.8 Å². The van der Waals surface area contributed by atoms with E-state index >= 15 is 0 Å². The number of hydrogen-bond donors (Lipinski definition) is 1. The molecule has 0 fully saturated rings. The lowest BCUT2D eigenvalue weighted by molar-refractivity contribution is 0.143. The van der Waals surface area contributed by atoms with E-state index < -0.39 is 0 Å². The highest BCUT2D eigenvalue weighted by atomic mass is 33.1. The van der Waals surface area contributed by atoms with E-state index in [1.807, 2.05) is 21.6 Å². The molecule has 0 aromatic rings. The Hall–Kier alpha value is -0.980. The smallest absolute Gasteiger partial charge is 0.179 e. The Morgan fingerprint density at radius 2 is 1.41 bits per heavy atom. The van der Waals surface area contributed by atoms with Crippen LogP contribution in [0.25, 0.3) is 0 Å². The van der Waals surface area contributed by atoms with Gasteiger partial charge < -0.3 is 19.9 Å². The maximum absolute atomic E-state index is 5.69. The molecular formula is C38H73N3OS2. The molecule has 6 heteroatoms. The van der Waals surface area contributed by atoms with E-state index in [9.17, 15) is 0 Å². The van der Waals surface area contributed by atoms with Gasteiger partial charge in [0.2, 0.25) is 0 Å². The van der Waals surface area contributed by atoms with E-state index in [4.69, 9.17) is 4.74 Å². The summed E-state index contributed by atoms with van der Waals surface area (Å²) in [6.07, 6.45) is 16.6. The lowest BCUT2D eigenvalue weighted by Gasteiger charge is -2.40. The second kappa shape index (κ2) is 25.2. The maximum atomic E-state index is 5.69. The van der Waals surface area contributed by atoms with Gasteiger partial charge >= 0.3 is 0 Å². The Balaban J connectivity index is 4.44. The molecule has 0 aromatic carbocycles. The summed E-state index contributed by atoms with van der Waals surface area (Å²) in [5.41, 5.74) is 4.29. The van der Waals surface area contributed by atoms with Gasteiger partial charge in [0.25, 0.3) is 0 Å². The molecule has 0 heterocycles. The van der Waals surface area contributed by atoms with Crippen molar-refractivity contribution in [1.29, 1.82) is 0 Å². The summed E-state index contributed by atoms with van der Waals surface area (Å²) >= 11 is 0. The molecule has 0 aliphatic rings. The van der Waals surface area contributed by atoms with Crippen molar-refractivity contribution < 1.29 is 4.74 Å². The van der Waals surface area contributed by atoms with E-state index in [2.05, 4.69) is 97.1 Å². The number of rotatable bonds is 31. The van der Waals surface area contributed by atoms with Crippen molar-refractivity contribution in [3.8, 4) is 0 Å². The number of likely N-dealkylation sites (N-methyl/N-ethyl adjacent to an activating group) is 1. The first kappa shape index (κ1) is 43.0. The summed E-state index contributed by atoms with van der Waals surface area (Å²) in [5, 5.41) is 3.22. The Morgan fingerprint density at radius 1 is 0.795 bits per heavy atom. The van der Waals surface area contributed by atoms with Crippen LogP contribution in [-0.2, 0) is 4.74 Å². The van der Waals surface area contributed by atoms with E-state index in [0.717, 1.165) is 56.9 Å². The average Bonchev–Trinajstić information content (AvgIpc) is 2.89. The molecule has 0 radical (unpaired) electrons. The van der Waals surface area contributed by atoms with Crippen LogP contribution >= 0.6 is 21.6 Å². The molecule has 258 valence electrons. The molecule has 4 nitrogen and oxygen atoms in total. The van der Waals surface area contributed by atoms with Gasteiger partial charge in [-0.15, -0.1) is 0 Å². The molecule has 0 aromatic heterocycles. The number of unbranched alkanes of at least 4 members (excludes halogenated alkanes) is 7. The molecule has 0 bridgehead atoms. The SMILES string of the molecule is C=C(C)CN(CC(C)(C)CC(C)(C)CC(=C)CCCCCCCCCC)C(=C)CCCSSCCOC(=C)NCCN(C)C. The normalized spacial score (nSPS) is 11.9. The van der Waals surface area contributed by atoms with Crippen LogP contribution in [0.5, 0.6) is 0 Å². The van der Waals surface area contributed by atoms with Crippen LogP contribution in [0.3, 0.4) is 0 Å². The van der Waals surface area contributed by atoms with Crippen LogP contribution in [0.1, 0.15) is 125 Å². The Labute approximate surface area is 283 Å². The minimum absolute atomic E-state index is 0.177. The van der Waals surface area contributed by atoms with Gasteiger partial charge in [-0.25, -0.2) is 0 Å². The first-order valence-electron chi connectivity index (χ1n) is 17.4. The highest BCUT2D eigenvalue weighted by Crippen LogP contribution is 2.40. The second-order valence-electron chi connectivity index (χ2n) is 14.8. The Kier molecular flexibility index (Phi) is 24.6. The van der Waals surface area contributed by atoms with Crippen LogP contribution < -0.4 is 5.32 Å². The third-order valence-corrected chi connectivity index (χ3v) is 10.2. The summed E-state index contributed by atoms with van der Waals surface area (Å²) in [4.78, 5) is 4.63. The van der Waals surface area contributed by atoms with Crippen molar-refractivity contribution in [3.63, 3.8) is 0 Å². The summed E-state index contributed by atoms with van der Waals surface area (Å²) in [6, 6.07) is 0. The van der Waals surface area contributed by atoms with Gasteiger partial charge in [0.15, 0.2) is 5.88 Å². The second-order valence-corrected chi connectivity index (χ2v) is 17.5. The summed E-state index contributed by atoms with van der Waals surface area (Å²) in [7, 11) is 7.93. The maximum Gasteiger partial charge on any atom is 0.179 e. The molecule has 0 saturated carbocycles. The molecule has 0 atom stereocenters. The van der Waals surface area contributed by atoms with E-state index in [1.165, 1.54) is 81.1 Å². The average molecular weight is 652 g/mol. The predicted molar refractivity (Wildman–Crippen MR) is 204 cm³/mol. The number of nitrogens with one attached hydrogen (secondary N) is 1. The molecule has 1 N–H and O–H groups in total. The van der Waals surface area contributed by atoms with Gasteiger partial charge in [-0.05, 0) is 77.0 Å². The summed E-state index contributed by atoms with van der Waals surface area (Å²) < 4.78 is 5.69. The number of hydrogen-bond acceptors (Lipinski definition) is 6. The minimum Gasteiger partial charge on any atom is -0.479 e. The van der Waals surface area contributed by atoms with E-state index in [1.54, 1.807) is 0 Å². The predicted octanol–water partition coefficient (Wildman–Crippen LogP) is 11.1. The molecule has 0 saturated heterocycles. The van der Waals surface area contributed by atoms with E-state index in [0.29, 0.717) is 12.5 Å². The van der Waals surface area contributed by atoms with Gasteiger partial charge in [-0.2, -0.15) is 0 Å². The van der Waals surface area contributed by atoms with Gasteiger partial charge in [-0.1, -0.05) is 132 Å². The molecule has 0 aliphatic carbocycles. The van der Waals surface area contributed by atoms with Crippen molar-refractivity contribution in [2.75, 3.05) is 58.4 Å². The zero-order valence-electron chi connectivity index (χ0n) is 30.6. The molecule has 0 unspecified atom stereocenters. The fraction of sp³-hybridized carbons (Fsp3) is 0.789. The molecular weight excluding hydrogens is 579 g/mol. The van der Waals surface area contributed by atoms with Crippen molar-refractivity contribution in [2.24, 2.45) is 10.8 Å². The number of ether oxygens (including phenoxy) is 1. The zero-order valence-corrected chi connectivity index (χ0v) is 32.2. The van der Waals surface area contributed by atoms with Crippen molar-refractivity contribution in [2.45, 2.75) is 125 Å². The Bertz CT molecular complexity index is 806. The third-order valence-electron chi connectivity index (χ3n) is 7.70. The zero-order chi connectivity index (χ0) is 33.4. The quantitative estimate of drug-likeness (QED) is 0.0347. The van der Waals surface area contributed by atoms with Crippen LogP contribution in [0.4, 0.5) is 0 Å².